The number of likely N-dealkylation sites (N-methyl/N-ethyl adjacent to an activating group) is 1. The molecular weight excluding hydrogens is 616 g/mol. The minimum atomic E-state index is -0.867. The fourth-order valence-electron chi connectivity index (χ4n) is 8.18. The Morgan fingerprint density at radius 1 is 1.12 bits per heavy atom. The van der Waals surface area contributed by atoms with Gasteiger partial charge in [0.05, 0.1) is 11.1 Å². The highest BCUT2D eigenvalue weighted by Crippen LogP contribution is 2.45. The van der Waals surface area contributed by atoms with Crippen LogP contribution in [0.5, 0.6) is 23.5 Å². The van der Waals surface area contributed by atoms with E-state index in [2.05, 4.69) is 35.1 Å². The van der Waals surface area contributed by atoms with Crippen molar-refractivity contribution in [3.8, 4) is 35.9 Å². The van der Waals surface area contributed by atoms with Gasteiger partial charge in [0.2, 0.25) is 0 Å². The second-order valence-corrected chi connectivity index (χ2v) is 14.3. The van der Waals surface area contributed by atoms with Crippen molar-refractivity contribution in [1.29, 1.82) is 0 Å². The molecular formula is C36H41F2N7O3. The van der Waals surface area contributed by atoms with Crippen LogP contribution in [0.1, 0.15) is 69.4 Å². The first-order chi connectivity index (χ1) is 23.2. The monoisotopic (exact) mass is 657 g/mol. The van der Waals surface area contributed by atoms with Gasteiger partial charge in [-0.05, 0) is 89.5 Å². The molecule has 2 aromatic carbocycles. The molecule has 0 bridgehead atoms. The van der Waals surface area contributed by atoms with Crippen LogP contribution in [0.2, 0.25) is 0 Å². The van der Waals surface area contributed by atoms with Crippen molar-refractivity contribution < 1.29 is 23.4 Å². The van der Waals surface area contributed by atoms with Gasteiger partial charge >= 0.3 is 12.0 Å². The smallest absolute Gasteiger partial charge is 0.320 e. The fraction of sp³-hybridized carbons (Fsp3) is 0.528. The molecule has 8 rings (SSSR count). The second-order valence-electron chi connectivity index (χ2n) is 14.3. The highest BCUT2D eigenvalue weighted by atomic mass is 19.1. The van der Waals surface area contributed by atoms with Crippen LogP contribution in [-0.2, 0) is 0 Å². The minimum Gasteiger partial charge on any atom is -0.508 e. The van der Waals surface area contributed by atoms with Crippen LogP contribution in [0.4, 0.5) is 14.6 Å². The maximum atomic E-state index is 14.9. The molecule has 2 aliphatic carbocycles. The first-order valence-electron chi connectivity index (χ1n) is 17.0. The number of benzene rings is 2. The molecule has 2 N–H and O–H groups in total. The van der Waals surface area contributed by atoms with Gasteiger partial charge in [0.1, 0.15) is 35.6 Å². The van der Waals surface area contributed by atoms with Crippen molar-refractivity contribution in [3.63, 3.8) is 0 Å². The minimum absolute atomic E-state index is 0.00157. The molecule has 48 heavy (non-hydrogen) atoms. The molecule has 2 atom stereocenters. The summed E-state index contributed by atoms with van der Waals surface area (Å²) in [7, 11) is 4.21. The maximum Gasteiger partial charge on any atom is 0.320 e. The molecule has 12 heteroatoms. The normalized spacial score (nSPS) is 23.6. The van der Waals surface area contributed by atoms with E-state index in [-0.39, 0.29) is 46.2 Å². The van der Waals surface area contributed by atoms with E-state index in [1.807, 2.05) is 4.57 Å². The van der Waals surface area contributed by atoms with Crippen molar-refractivity contribution in [2.45, 2.75) is 81.1 Å². The Hall–Kier alpha value is -4.21. The van der Waals surface area contributed by atoms with Crippen molar-refractivity contribution in [1.82, 2.24) is 29.3 Å². The number of alkyl halides is 1. The van der Waals surface area contributed by atoms with E-state index < -0.39 is 12.0 Å². The summed E-state index contributed by atoms with van der Waals surface area (Å²) >= 11 is 0. The molecule has 0 unspecified atom stereocenters. The van der Waals surface area contributed by atoms with E-state index in [9.17, 15) is 13.9 Å². The van der Waals surface area contributed by atoms with Gasteiger partial charge in [-0.3, -0.25) is 9.47 Å². The summed E-state index contributed by atoms with van der Waals surface area (Å²) in [5.74, 6) is 2.62. The number of fused-ring (bicyclic) bond motifs is 3. The van der Waals surface area contributed by atoms with Crippen molar-refractivity contribution >= 4 is 27.8 Å². The topological polar surface area (TPSA) is 101 Å². The van der Waals surface area contributed by atoms with E-state index in [0.29, 0.717) is 53.9 Å². The number of aromatic hydroxyl groups is 1. The number of phenolic OH excluding ortho intramolecular Hbond substituents is 1. The first-order valence-corrected chi connectivity index (χ1v) is 17.0. The number of rotatable bonds is 10. The Bertz CT molecular complexity index is 1930. The number of hydrogen-bond acceptors (Lipinski definition) is 9. The average molecular weight is 658 g/mol. The van der Waals surface area contributed by atoms with E-state index >= 15 is 0 Å². The van der Waals surface area contributed by atoms with Gasteiger partial charge in [-0.25, -0.2) is 8.78 Å². The molecule has 10 nitrogen and oxygen atoms in total. The Labute approximate surface area is 278 Å². The number of ether oxygens (including phenoxy) is 2. The molecule has 4 aliphatic rings. The summed E-state index contributed by atoms with van der Waals surface area (Å²) in [6, 6.07) is 6.28. The van der Waals surface area contributed by atoms with Gasteiger partial charge < -0.3 is 24.8 Å². The summed E-state index contributed by atoms with van der Waals surface area (Å²) in [6.07, 6.45) is 13.4. The zero-order valence-electron chi connectivity index (χ0n) is 27.4. The Balaban J connectivity index is 1.23. The summed E-state index contributed by atoms with van der Waals surface area (Å²) in [4.78, 5) is 19.1. The molecule has 252 valence electrons. The van der Waals surface area contributed by atoms with Crippen LogP contribution in [0.15, 0.2) is 24.3 Å². The number of hydrogen-bond donors (Lipinski definition) is 2. The lowest BCUT2D eigenvalue weighted by Gasteiger charge is -2.47. The predicted octanol–water partition coefficient (Wildman–Crippen LogP) is 6.17. The Kier molecular flexibility index (Phi) is 7.60. The third-order valence-corrected chi connectivity index (χ3v) is 11.3. The summed E-state index contributed by atoms with van der Waals surface area (Å²) in [5, 5.41) is 15.2. The number of anilines is 1. The second kappa shape index (κ2) is 11.7. The summed E-state index contributed by atoms with van der Waals surface area (Å²) < 4.78 is 44.2. The molecule has 2 aromatic heterocycles. The van der Waals surface area contributed by atoms with E-state index in [0.717, 1.165) is 57.9 Å². The highest BCUT2D eigenvalue weighted by Gasteiger charge is 2.49. The zero-order chi connectivity index (χ0) is 33.2. The molecule has 2 aliphatic heterocycles. The maximum absolute atomic E-state index is 14.9. The lowest BCUT2D eigenvalue weighted by molar-refractivity contribution is 0.0738. The third kappa shape index (κ3) is 5.10. The van der Waals surface area contributed by atoms with Gasteiger partial charge in [-0.15, -0.1) is 6.42 Å². The van der Waals surface area contributed by atoms with Crippen LogP contribution in [0.25, 0.3) is 21.9 Å². The van der Waals surface area contributed by atoms with Crippen LogP contribution in [-0.4, -0.2) is 92.0 Å². The lowest BCUT2D eigenvalue weighted by atomic mass is 9.75. The Morgan fingerprint density at radius 2 is 1.96 bits per heavy atom. The predicted molar refractivity (Wildman–Crippen MR) is 179 cm³/mol. The van der Waals surface area contributed by atoms with E-state index in [1.165, 1.54) is 18.2 Å². The molecule has 4 aromatic rings. The number of imidazole rings is 1. The van der Waals surface area contributed by atoms with Crippen LogP contribution >= 0.6 is 0 Å². The molecule has 0 amide bonds. The number of nitrogens with one attached hydrogen (secondary N) is 1. The van der Waals surface area contributed by atoms with Crippen LogP contribution in [0, 0.1) is 18.2 Å². The van der Waals surface area contributed by atoms with Crippen molar-refractivity contribution in [3.05, 3.63) is 35.6 Å². The molecule has 2 saturated carbocycles. The molecule has 4 fully saturated rings. The Morgan fingerprint density at radius 3 is 2.67 bits per heavy atom. The summed E-state index contributed by atoms with van der Waals surface area (Å²) in [5.41, 5.74) is 0.766. The van der Waals surface area contributed by atoms with Gasteiger partial charge in [-0.2, -0.15) is 15.0 Å². The lowest BCUT2D eigenvalue weighted by Crippen LogP contribution is -2.54. The SMILES string of the molecule is C#Cc1c(F)ccc2cc(O)cc(Oc3nc4nc(OC[C@@]56CCCN5C[C@H](F)C6)nc(NCC5(N(C)C)CCC5)c4n3C3CCC3)c12. The van der Waals surface area contributed by atoms with Gasteiger partial charge in [-0.1, -0.05) is 12.0 Å². The van der Waals surface area contributed by atoms with Gasteiger partial charge in [0.25, 0.3) is 0 Å². The van der Waals surface area contributed by atoms with Gasteiger partial charge in [0, 0.05) is 42.5 Å². The molecule has 4 heterocycles. The largest absolute Gasteiger partial charge is 0.508 e. The van der Waals surface area contributed by atoms with Crippen LogP contribution < -0.4 is 14.8 Å². The standard InChI is InChI=1S/C36H41F2N7O3/c1-4-26-27(38)11-10-22-16-25(46)17-28(29(22)26)48-34-42-32-30(45(34)24-8-5-9-24)31(39-20-35(43(2)3)12-6-13-35)40-33(41-32)47-21-36-14-7-15-44(36)19-23(37)18-36/h1,10-11,16-17,23-24,46H,5-9,12-15,18-21H2,2-3H3,(H,39,40,41)/t23-,36+/m1/s1. The van der Waals surface area contributed by atoms with Gasteiger partial charge in [0.15, 0.2) is 11.5 Å². The number of halogens is 2. The molecule has 0 spiro atoms. The first kappa shape index (κ1) is 31.1. The van der Waals surface area contributed by atoms with Crippen LogP contribution in [0.3, 0.4) is 0 Å². The van der Waals surface area contributed by atoms with Crippen molar-refractivity contribution in [2.75, 3.05) is 45.7 Å². The van der Waals surface area contributed by atoms with E-state index in [4.69, 9.17) is 30.8 Å². The quantitative estimate of drug-likeness (QED) is 0.194. The number of terminal acetylenes is 1. The third-order valence-electron chi connectivity index (χ3n) is 11.3. The van der Waals surface area contributed by atoms with Crippen molar-refractivity contribution in [2.24, 2.45) is 0 Å². The van der Waals surface area contributed by atoms with E-state index in [1.54, 1.807) is 6.07 Å². The molecule has 0 radical (unpaired) electrons. The average Bonchev–Trinajstić information content (AvgIpc) is 3.64. The number of nitrogens with zero attached hydrogens (tertiary/aromatic N) is 6. The zero-order valence-corrected chi connectivity index (χ0v) is 27.4. The highest BCUT2D eigenvalue weighted by molar-refractivity contribution is 5.95. The summed E-state index contributed by atoms with van der Waals surface area (Å²) in [6.45, 7) is 2.26. The number of phenols is 1. The molecule has 2 saturated heterocycles. The fourth-order valence-corrected chi connectivity index (χ4v) is 8.18. The number of aromatic nitrogens is 4.